The average molecular weight is 469 g/mol. The minimum absolute atomic E-state index is 0. The monoisotopic (exact) mass is 469 g/mol. The number of nitrogens with zero attached hydrogens (tertiary/aromatic N) is 1. The number of nitrogens with two attached hydrogens (primary N) is 1. The summed E-state index contributed by atoms with van der Waals surface area (Å²) >= 11 is 0. The molecule has 0 bridgehead atoms. The number of methoxy groups -OCH3 is 1. The third-order valence-electron chi connectivity index (χ3n) is 3.90. The Morgan fingerprint density at radius 1 is 1.08 bits per heavy atom. The fraction of sp³-hybridized carbons (Fsp3) is 0.350. The van der Waals surface area contributed by atoms with Crippen LogP contribution in [0.5, 0.6) is 11.5 Å². The summed E-state index contributed by atoms with van der Waals surface area (Å²) in [5.41, 5.74) is 10.4. The topological polar surface area (TPSA) is 68.9 Å². The van der Waals surface area contributed by atoms with Gasteiger partial charge in [0.25, 0.3) is 0 Å². The number of hydrogen-bond donors (Lipinski definition) is 2. The zero-order valence-corrected chi connectivity index (χ0v) is 18.2. The van der Waals surface area contributed by atoms with Gasteiger partial charge >= 0.3 is 0 Å². The Kier molecular flexibility index (Phi) is 9.26. The van der Waals surface area contributed by atoms with Gasteiger partial charge in [0.15, 0.2) is 17.5 Å². The normalized spacial score (nSPS) is 10.8. The average Bonchev–Trinajstić information content (AvgIpc) is 2.61. The fourth-order valence-corrected chi connectivity index (χ4v) is 2.32. The quantitative estimate of drug-likeness (QED) is 0.352. The lowest BCUT2D eigenvalue weighted by molar-refractivity contribution is 0.294. The molecule has 0 unspecified atom stereocenters. The minimum atomic E-state index is 0. The van der Waals surface area contributed by atoms with Crippen LogP contribution in [0.15, 0.2) is 41.4 Å². The van der Waals surface area contributed by atoms with E-state index in [1.165, 1.54) is 11.1 Å². The van der Waals surface area contributed by atoms with E-state index in [9.17, 15) is 0 Å². The summed E-state index contributed by atoms with van der Waals surface area (Å²) < 4.78 is 11.0. The second kappa shape index (κ2) is 10.9. The number of anilines is 1. The summed E-state index contributed by atoms with van der Waals surface area (Å²) in [5, 5.41) is 3.12. The van der Waals surface area contributed by atoms with Gasteiger partial charge in [0.05, 0.1) is 20.3 Å². The SMILES string of the molecule is CCCOc1ccc(CN=C(N)Nc2ccc(C)c(C)c2)cc1OC.I. The van der Waals surface area contributed by atoms with Gasteiger partial charge in [0.2, 0.25) is 0 Å². The van der Waals surface area contributed by atoms with Gasteiger partial charge in [-0.25, -0.2) is 4.99 Å². The maximum atomic E-state index is 5.99. The van der Waals surface area contributed by atoms with Crippen molar-refractivity contribution >= 4 is 35.6 Å². The Hall–Kier alpha value is -1.96. The lowest BCUT2D eigenvalue weighted by atomic mass is 10.1. The highest BCUT2D eigenvalue weighted by atomic mass is 127. The molecule has 2 aromatic rings. The van der Waals surface area contributed by atoms with Crippen molar-refractivity contribution in [2.75, 3.05) is 19.0 Å². The number of ether oxygens (including phenoxy) is 2. The van der Waals surface area contributed by atoms with Crippen LogP contribution in [0.2, 0.25) is 0 Å². The highest BCUT2D eigenvalue weighted by Gasteiger charge is 2.05. The smallest absolute Gasteiger partial charge is 0.193 e. The fourth-order valence-electron chi connectivity index (χ4n) is 2.32. The van der Waals surface area contributed by atoms with E-state index >= 15 is 0 Å². The predicted molar refractivity (Wildman–Crippen MR) is 119 cm³/mol. The molecule has 0 aliphatic carbocycles. The molecule has 0 radical (unpaired) electrons. The molecular formula is C20H28IN3O2. The Balaban J connectivity index is 0.00000338. The van der Waals surface area contributed by atoms with Gasteiger partial charge in [0, 0.05) is 5.69 Å². The van der Waals surface area contributed by atoms with Crippen molar-refractivity contribution in [3.05, 3.63) is 53.1 Å². The molecule has 2 aromatic carbocycles. The lowest BCUT2D eigenvalue weighted by Gasteiger charge is -2.11. The van der Waals surface area contributed by atoms with Crippen molar-refractivity contribution in [3.8, 4) is 11.5 Å². The van der Waals surface area contributed by atoms with Crippen LogP contribution in [0.4, 0.5) is 5.69 Å². The zero-order valence-electron chi connectivity index (χ0n) is 15.8. The van der Waals surface area contributed by atoms with Crippen molar-refractivity contribution in [3.63, 3.8) is 0 Å². The van der Waals surface area contributed by atoms with E-state index < -0.39 is 0 Å². The minimum Gasteiger partial charge on any atom is -0.493 e. The second-order valence-electron chi connectivity index (χ2n) is 5.96. The molecular weight excluding hydrogens is 441 g/mol. The number of halogens is 1. The molecule has 5 nitrogen and oxygen atoms in total. The Morgan fingerprint density at radius 2 is 1.85 bits per heavy atom. The summed E-state index contributed by atoms with van der Waals surface area (Å²) in [6.45, 7) is 7.36. The molecule has 3 N–H and O–H groups in total. The summed E-state index contributed by atoms with van der Waals surface area (Å²) in [7, 11) is 1.64. The summed E-state index contributed by atoms with van der Waals surface area (Å²) in [6.07, 6.45) is 0.954. The number of nitrogens with one attached hydrogen (secondary N) is 1. The van der Waals surface area contributed by atoms with Gasteiger partial charge in [0.1, 0.15) is 0 Å². The molecule has 0 amide bonds. The van der Waals surface area contributed by atoms with Crippen LogP contribution in [0, 0.1) is 13.8 Å². The predicted octanol–water partition coefficient (Wildman–Crippen LogP) is 4.65. The molecule has 26 heavy (non-hydrogen) atoms. The highest BCUT2D eigenvalue weighted by molar-refractivity contribution is 14.0. The zero-order chi connectivity index (χ0) is 18.2. The van der Waals surface area contributed by atoms with E-state index in [0.29, 0.717) is 24.9 Å². The largest absolute Gasteiger partial charge is 0.493 e. The van der Waals surface area contributed by atoms with Crippen molar-refractivity contribution in [2.24, 2.45) is 10.7 Å². The van der Waals surface area contributed by atoms with Crippen LogP contribution < -0.4 is 20.5 Å². The van der Waals surface area contributed by atoms with Crippen molar-refractivity contribution in [2.45, 2.75) is 33.7 Å². The van der Waals surface area contributed by atoms with Crippen molar-refractivity contribution < 1.29 is 9.47 Å². The van der Waals surface area contributed by atoms with Gasteiger partial charge < -0.3 is 20.5 Å². The standard InChI is InChI=1S/C20H27N3O2.HI/c1-5-10-25-18-9-7-16(12-19(18)24-4)13-22-20(21)23-17-8-6-14(2)15(3)11-17;/h6-9,11-12H,5,10,13H2,1-4H3,(H3,21,22,23);1H. The van der Waals surface area contributed by atoms with Crippen molar-refractivity contribution in [1.29, 1.82) is 0 Å². The first-order chi connectivity index (χ1) is 12.0. The van der Waals surface area contributed by atoms with Crippen LogP contribution >= 0.6 is 24.0 Å². The van der Waals surface area contributed by atoms with Crippen molar-refractivity contribution in [1.82, 2.24) is 0 Å². The van der Waals surface area contributed by atoms with E-state index in [1.807, 2.05) is 24.3 Å². The molecule has 0 heterocycles. The first-order valence-electron chi connectivity index (χ1n) is 8.47. The maximum absolute atomic E-state index is 5.99. The lowest BCUT2D eigenvalue weighted by Crippen LogP contribution is -2.22. The molecule has 0 saturated heterocycles. The maximum Gasteiger partial charge on any atom is 0.193 e. The van der Waals surface area contributed by atoms with Crippen LogP contribution in [0.1, 0.15) is 30.0 Å². The number of aryl methyl sites for hydroxylation is 2. The second-order valence-corrected chi connectivity index (χ2v) is 5.96. The van der Waals surface area contributed by atoms with E-state index in [2.05, 4.69) is 43.2 Å². The van der Waals surface area contributed by atoms with E-state index in [0.717, 1.165) is 23.4 Å². The van der Waals surface area contributed by atoms with E-state index in [1.54, 1.807) is 7.11 Å². The van der Waals surface area contributed by atoms with Gasteiger partial charge in [-0.15, -0.1) is 24.0 Å². The third-order valence-corrected chi connectivity index (χ3v) is 3.90. The number of benzene rings is 2. The van der Waals surface area contributed by atoms with Gasteiger partial charge in [-0.05, 0) is 61.2 Å². The van der Waals surface area contributed by atoms with Crippen LogP contribution in [-0.2, 0) is 6.54 Å². The number of hydrogen-bond acceptors (Lipinski definition) is 3. The highest BCUT2D eigenvalue weighted by Crippen LogP contribution is 2.28. The molecule has 0 saturated carbocycles. The summed E-state index contributed by atoms with van der Waals surface area (Å²) in [4.78, 5) is 4.40. The molecule has 0 aliphatic heterocycles. The van der Waals surface area contributed by atoms with Crippen LogP contribution in [-0.4, -0.2) is 19.7 Å². The van der Waals surface area contributed by atoms with E-state index in [4.69, 9.17) is 15.2 Å². The molecule has 0 fully saturated rings. The Morgan fingerprint density at radius 3 is 2.50 bits per heavy atom. The molecule has 0 spiro atoms. The molecule has 0 aliphatic rings. The third kappa shape index (κ3) is 6.40. The Labute approximate surface area is 173 Å². The molecule has 0 atom stereocenters. The number of aliphatic imine (C=N–C) groups is 1. The number of guanidine groups is 1. The molecule has 142 valence electrons. The molecule has 0 aromatic heterocycles. The van der Waals surface area contributed by atoms with Gasteiger partial charge in [-0.1, -0.05) is 19.1 Å². The van der Waals surface area contributed by atoms with E-state index in [-0.39, 0.29) is 24.0 Å². The van der Waals surface area contributed by atoms with Gasteiger partial charge in [-0.3, -0.25) is 0 Å². The summed E-state index contributed by atoms with van der Waals surface area (Å²) in [5.74, 6) is 1.84. The molecule has 6 heteroatoms. The summed E-state index contributed by atoms with van der Waals surface area (Å²) in [6, 6.07) is 11.9. The van der Waals surface area contributed by atoms with Crippen LogP contribution in [0.25, 0.3) is 0 Å². The molecule has 2 rings (SSSR count). The van der Waals surface area contributed by atoms with Gasteiger partial charge in [-0.2, -0.15) is 0 Å². The Bertz CT molecular complexity index is 748. The first kappa shape index (κ1) is 22.1. The first-order valence-corrected chi connectivity index (χ1v) is 8.47. The van der Waals surface area contributed by atoms with Crippen LogP contribution in [0.3, 0.4) is 0 Å². The number of rotatable bonds is 7.